The lowest BCUT2D eigenvalue weighted by molar-refractivity contribution is 0.278. The SMILES string of the molecule is COC1=CCCC(OC)=N1. The van der Waals surface area contributed by atoms with Crippen LogP contribution in [0.15, 0.2) is 17.0 Å². The van der Waals surface area contributed by atoms with Crippen LogP contribution in [-0.2, 0) is 9.47 Å². The second-order valence-electron chi connectivity index (χ2n) is 1.99. The number of aliphatic imine (C=N–C) groups is 1. The second kappa shape index (κ2) is 3.25. The standard InChI is InChI=1S/C7H11NO2/c1-9-6-4-3-5-7(8-6)10-2/h4H,3,5H2,1-2H3. The zero-order valence-corrected chi connectivity index (χ0v) is 6.26. The summed E-state index contributed by atoms with van der Waals surface area (Å²) in [6.07, 6.45) is 3.78. The number of hydrogen-bond donors (Lipinski definition) is 0. The zero-order valence-electron chi connectivity index (χ0n) is 6.26. The van der Waals surface area contributed by atoms with Gasteiger partial charge in [0.25, 0.3) is 0 Å². The van der Waals surface area contributed by atoms with Gasteiger partial charge in [0, 0.05) is 6.42 Å². The molecule has 0 aromatic rings. The predicted octanol–water partition coefficient (Wildman–Crippen LogP) is 1.31. The van der Waals surface area contributed by atoms with Crippen LogP contribution in [-0.4, -0.2) is 20.1 Å². The van der Waals surface area contributed by atoms with E-state index < -0.39 is 0 Å². The minimum absolute atomic E-state index is 0.656. The average molecular weight is 141 g/mol. The first-order chi connectivity index (χ1) is 4.86. The molecule has 0 aromatic heterocycles. The lowest BCUT2D eigenvalue weighted by Gasteiger charge is -2.09. The second-order valence-corrected chi connectivity index (χ2v) is 1.99. The van der Waals surface area contributed by atoms with Crippen molar-refractivity contribution in [1.82, 2.24) is 0 Å². The van der Waals surface area contributed by atoms with E-state index in [9.17, 15) is 0 Å². The van der Waals surface area contributed by atoms with Crippen molar-refractivity contribution in [1.29, 1.82) is 0 Å². The maximum atomic E-state index is 4.95. The molecule has 1 aliphatic heterocycles. The Labute approximate surface area is 60.4 Å². The minimum Gasteiger partial charge on any atom is -0.484 e. The van der Waals surface area contributed by atoms with Gasteiger partial charge in [-0.3, -0.25) is 0 Å². The molecule has 1 rings (SSSR count). The third kappa shape index (κ3) is 1.50. The number of nitrogens with zero attached hydrogens (tertiary/aromatic N) is 1. The number of allylic oxidation sites excluding steroid dienone is 1. The zero-order chi connectivity index (χ0) is 7.40. The molecule has 1 aliphatic rings. The molecule has 0 atom stereocenters. The van der Waals surface area contributed by atoms with Crippen molar-refractivity contribution >= 4 is 5.90 Å². The van der Waals surface area contributed by atoms with Crippen LogP contribution in [0.25, 0.3) is 0 Å². The van der Waals surface area contributed by atoms with E-state index >= 15 is 0 Å². The molecule has 0 fully saturated rings. The molecule has 3 nitrogen and oxygen atoms in total. The first-order valence-corrected chi connectivity index (χ1v) is 3.22. The lowest BCUT2D eigenvalue weighted by Crippen LogP contribution is -2.05. The molecule has 0 aromatic carbocycles. The highest BCUT2D eigenvalue weighted by Crippen LogP contribution is 2.10. The summed E-state index contributed by atoms with van der Waals surface area (Å²) in [4.78, 5) is 4.05. The summed E-state index contributed by atoms with van der Waals surface area (Å²) < 4.78 is 9.87. The monoisotopic (exact) mass is 141 g/mol. The number of ether oxygens (including phenoxy) is 2. The summed E-state index contributed by atoms with van der Waals surface area (Å²) in [6.45, 7) is 0. The van der Waals surface area contributed by atoms with Crippen molar-refractivity contribution in [2.75, 3.05) is 14.2 Å². The largest absolute Gasteiger partial charge is 0.484 e. The van der Waals surface area contributed by atoms with Gasteiger partial charge in [0.15, 0.2) is 5.90 Å². The van der Waals surface area contributed by atoms with Crippen molar-refractivity contribution in [3.05, 3.63) is 12.0 Å². The first-order valence-electron chi connectivity index (χ1n) is 3.22. The Morgan fingerprint density at radius 2 is 2.20 bits per heavy atom. The van der Waals surface area contributed by atoms with E-state index in [1.54, 1.807) is 14.2 Å². The fraction of sp³-hybridized carbons (Fsp3) is 0.571. The van der Waals surface area contributed by atoms with E-state index in [4.69, 9.17) is 9.47 Å². The summed E-state index contributed by atoms with van der Waals surface area (Å²) in [5.41, 5.74) is 0. The first kappa shape index (κ1) is 7.12. The highest BCUT2D eigenvalue weighted by molar-refractivity contribution is 5.77. The van der Waals surface area contributed by atoms with Gasteiger partial charge in [-0.1, -0.05) is 0 Å². The topological polar surface area (TPSA) is 30.8 Å². The van der Waals surface area contributed by atoms with Gasteiger partial charge >= 0.3 is 0 Å². The molecular formula is C7H11NO2. The highest BCUT2D eigenvalue weighted by atomic mass is 16.5. The number of rotatable bonds is 1. The molecule has 0 unspecified atom stereocenters. The van der Waals surface area contributed by atoms with Gasteiger partial charge in [-0.05, 0) is 12.5 Å². The Morgan fingerprint density at radius 3 is 2.80 bits per heavy atom. The van der Waals surface area contributed by atoms with E-state index in [1.165, 1.54) is 0 Å². The van der Waals surface area contributed by atoms with Crippen LogP contribution in [0, 0.1) is 0 Å². The third-order valence-electron chi connectivity index (χ3n) is 1.36. The van der Waals surface area contributed by atoms with Crippen molar-refractivity contribution in [2.24, 2.45) is 4.99 Å². The molecule has 0 aliphatic carbocycles. The van der Waals surface area contributed by atoms with Gasteiger partial charge in [-0.25, -0.2) is 0 Å². The molecule has 3 heteroatoms. The molecule has 0 saturated heterocycles. The van der Waals surface area contributed by atoms with Crippen LogP contribution < -0.4 is 0 Å². The van der Waals surface area contributed by atoms with E-state index in [1.807, 2.05) is 6.08 Å². The van der Waals surface area contributed by atoms with Crippen molar-refractivity contribution < 1.29 is 9.47 Å². The fourth-order valence-corrected chi connectivity index (χ4v) is 0.820. The molecule has 56 valence electrons. The molecule has 0 bridgehead atoms. The molecule has 0 N–H and O–H groups in total. The normalized spacial score (nSPS) is 17.4. The maximum Gasteiger partial charge on any atom is 0.211 e. The Hall–Kier alpha value is -0.990. The number of methoxy groups -OCH3 is 2. The smallest absolute Gasteiger partial charge is 0.211 e. The predicted molar refractivity (Wildman–Crippen MR) is 38.8 cm³/mol. The van der Waals surface area contributed by atoms with Crippen LogP contribution in [0.1, 0.15) is 12.8 Å². The summed E-state index contributed by atoms with van der Waals surface area (Å²) in [5, 5.41) is 0. The molecule has 0 radical (unpaired) electrons. The van der Waals surface area contributed by atoms with Crippen LogP contribution in [0.4, 0.5) is 0 Å². The van der Waals surface area contributed by atoms with Crippen LogP contribution >= 0.6 is 0 Å². The Kier molecular flexibility index (Phi) is 2.31. The van der Waals surface area contributed by atoms with Gasteiger partial charge in [-0.2, -0.15) is 4.99 Å². The average Bonchev–Trinajstić information content (AvgIpc) is 2.05. The van der Waals surface area contributed by atoms with Crippen molar-refractivity contribution in [3.63, 3.8) is 0 Å². The van der Waals surface area contributed by atoms with Gasteiger partial charge in [0.05, 0.1) is 14.2 Å². The van der Waals surface area contributed by atoms with Gasteiger partial charge in [0.2, 0.25) is 5.88 Å². The number of hydrogen-bond acceptors (Lipinski definition) is 3. The summed E-state index contributed by atoms with van der Waals surface area (Å²) in [5.74, 6) is 1.41. The van der Waals surface area contributed by atoms with Gasteiger partial charge < -0.3 is 9.47 Å². The van der Waals surface area contributed by atoms with Gasteiger partial charge in [-0.15, -0.1) is 0 Å². The summed E-state index contributed by atoms with van der Waals surface area (Å²) >= 11 is 0. The summed E-state index contributed by atoms with van der Waals surface area (Å²) in [6, 6.07) is 0. The third-order valence-corrected chi connectivity index (χ3v) is 1.36. The fourth-order valence-electron chi connectivity index (χ4n) is 0.820. The molecule has 0 spiro atoms. The van der Waals surface area contributed by atoms with Gasteiger partial charge in [0.1, 0.15) is 0 Å². The molecule has 10 heavy (non-hydrogen) atoms. The summed E-state index contributed by atoms with van der Waals surface area (Å²) in [7, 11) is 3.23. The van der Waals surface area contributed by atoms with Crippen LogP contribution in [0.5, 0.6) is 0 Å². The highest BCUT2D eigenvalue weighted by Gasteiger charge is 2.05. The Morgan fingerprint density at radius 1 is 1.40 bits per heavy atom. The van der Waals surface area contributed by atoms with E-state index in [0.29, 0.717) is 5.88 Å². The maximum absolute atomic E-state index is 4.95. The van der Waals surface area contributed by atoms with E-state index in [0.717, 1.165) is 18.7 Å². The molecule has 1 heterocycles. The Balaban J connectivity index is 2.61. The van der Waals surface area contributed by atoms with E-state index in [-0.39, 0.29) is 0 Å². The molecule has 0 amide bonds. The lowest BCUT2D eigenvalue weighted by atomic mass is 10.2. The van der Waals surface area contributed by atoms with E-state index in [2.05, 4.69) is 4.99 Å². The van der Waals surface area contributed by atoms with Crippen LogP contribution in [0.3, 0.4) is 0 Å². The van der Waals surface area contributed by atoms with Crippen LogP contribution in [0.2, 0.25) is 0 Å². The molecule has 0 saturated carbocycles. The molecular weight excluding hydrogens is 130 g/mol. The quantitative estimate of drug-likeness (QED) is 0.551. The minimum atomic E-state index is 0.656. The van der Waals surface area contributed by atoms with Crippen molar-refractivity contribution in [3.8, 4) is 0 Å². The Bertz CT molecular complexity index is 172. The van der Waals surface area contributed by atoms with Crippen molar-refractivity contribution in [2.45, 2.75) is 12.8 Å².